The Hall–Kier alpha value is -3.75. The largest absolute Gasteiger partial charge is 0.404 e. The minimum atomic E-state index is 0.00191. The molecule has 3 aromatic heterocycles. The van der Waals surface area contributed by atoms with Crippen LogP contribution in [0.15, 0.2) is 48.0 Å². The number of fused-ring (bicyclic) bond motifs is 1. The smallest absolute Gasteiger partial charge is 0.223 e. The van der Waals surface area contributed by atoms with Gasteiger partial charge >= 0.3 is 0 Å². The number of allylic oxidation sites excluding steroid dienone is 1. The zero-order chi connectivity index (χ0) is 24.3. The highest BCUT2D eigenvalue weighted by molar-refractivity contribution is 6.09. The number of hydrogen-bond acceptors (Lipinski definition) is 7. The molecule has 0 saturated carbocycles. The summed E-state index contributed by atoms with van der Waals surface area (Å²) in [6.07, 6.45) is 9.15. The predicted octanol–water partition coefficient (Wildman–Crippen LogP) is 2.88. The molecule has 0 spiro atoms. The van der Waals surface area contributed by atoms with E-state index in [4.69, 9.17) is 15.7 Å². The Balaban J connectivity index is 1.53. The lowest BCUT2D eigenvalue weighted by Gasteiger charge is -2.36. The number of piperazine rings is 1. The molecule has 1 aliphatic rings. The van der Waals surface area contributed by atoms with Crippen LogP contribution in [0.3, 0.4) is 0 Å². The van der Waals surface area contributed by atoms with E-state index in [1.165, 1.54) is 6.20 Å². The van der Waals surface area contributed by atoms with E-state index in [2.05, 4.69) is 35.8 Å². The summed E-state index contributed by atoms with van der Waals surface area (Å²) in [5, 5.41) is 4.38. The van der Waals surface area contributed by atoms with Crippen molar-refractivity contribution < 1.29 is 4.79 Å². The van der Waals surface area contributed by atoms with Gasteiger partial charge in [0.1, 0.15) is 5.82 Å². The minimum Gasteiger partial charge on any atom is -0.404 e. The van der Waals surface area contributed by atoms with Crippen LogP contribution >= 0.6 is 0 Å². The number of rotatable bonds is 5. The molecule has 1 aliphatic heterocycles. The standard InChI is InChI=1S/C25H32N8O/c1-25(2,3)13-23(34)32-11-9-31(10-12-32)22-6-5-18(16-28-22)24-21-7-8-29-33(21)17-20(30-24)19(14-26)15-27-4/h5-8,14-17H,9-13,26H2,1-4H3. The number of nitrogens with zero attached hydrogens (tertiary/aromatic N) is 7. The third-order valence-electron chi connectivity index (χ3n) is 5.79. The molecule has 0 bridgehead atoms. The van der Waals surface area contributed by atoms with Crippen LogP contribution in [0.2, 0.25) is 0 Å². The number of aromatic nitrogens is 4. The molecule has 0 aliphatic carbocycles. The van der Waals surface area contributed by atoms with Gasteiger partial charge in [0.15, 0.2) is 0 Å². The van der Waals surface area contributed by atoms with E-state index in [1.807, 2.05) is 35.5 Å². The summed E-state index contributed by atoms with van der Waals surface area (Å²) in [7, 11) is 1.69. The van der Waals surface area contributed by atoms with Crippen LogP contribution in [0.5, 0.6) is 0 Å². The summed E-state index contributed by atoms with van der Waals surface area (Å²) in [4.78, 5) is 30.3. The topological polar surface area (TPSA) is 105 Å². The van der Waals surface area contributed by atoms with Gasteiger partial charge in [-0.05, 0) is 23.6 Å². The zero-order valence-corrected chi connectivity index (χ0v) is 20.3. The van der Waals surface area contributed by atoms with E-state index in [0.717, 1.165) is 35.7 Å². The minimum absolute atomic E-state index is 0.00191. The average molecular weight is 461 g/mol. The van der Waals surface area contributed by atoms with Crippen molar-refractivity contribution in [2.45, 2.75) is 27.2 Å². The van der Waals surface area contributed by atoms with Crippen LogP contribution in [-0.2, 0) is 4.79 Å². The third-order valence-corrected chi connectivity index (χ3v) is 5.79. The molecule has 3 aromatic rings. The molecule has 0 atom stereocenters. The Morgan fingerprint density at radius 1 is 1.18 bits per heavy atom. The van der Waals surface area contributed by atoms with Crippen molar-refractivity contribution in [2.75, 3.05) is 38.1 Å². The molecule has 178 valence electrons. The molecule has 4 heterocycles. The molecule has 34 heavy (non-hydrogen) atoms. The molecule has 1 fully saturated rings. The maximum absolute atomic E-state index is 12.5. The maximum Gasteiger partial charge on any atom is 0.223 e. The van der Waals surface area contributed by atoms with Crippen LogP contribution in [0.1, 0.15) is 32.9 Å². The first-order valence-electron chi connectivity index (χ1n) is 11.5. The number of amides is 1. The first-order valence-corrected chi connectivity index (χ1v) is 11.5. The van der Waals surface area contributed by atoms with Gasteiger partial charge in [0, 0.05) is 69.4 Å². The van der Waals surface area contributed by atoms with E-state index < -0.39 is 0 Å². The van der Waals surface area contributed by atoms with Gasteiger partial charge in [-0.1, -0.05) is 20.8 Å². The molecule has 1 amide bonds. The van der Waals surface area contributed by atoms with Crippen molar-refractivity contribution in [3.8, 4) is 11.3 Å². The fourth-order valence-corrected chi connectivity index (χ4v) is 4.08. The van der Waals surface area contributed by atoms with Crippen LogP contribution in [0, 0.1) is 5.41 Å². The fraction of sp³-hybridized carbons (Fsp3) is 0.400. The van der Waals surface area contributed by atoms with E-state index >= 15 is 0 Å². The second-order valence-electron chi connectivity index (χ2n) is 9.66. The Labute approximate surface area is 200 Å². The normalized spacial score (nSPS) is 15.5. The molecule has 0 unspecified atom stereocenters. The molecule has 9 nitrogen and oxygen atoms in total. The molecular weight excluding hydrogens is 428 g/mol. The van der Waals surface area contributed by atoms with Gasteiger partial charge in [-0.2, -0.15) is 5.10 Å². The van der Waals surface area contributed by atoms with E-state index in [0.29, 0.717) is 30.8 Å². The number of anilines is 1. The molecule has 0 aromatic carbocycles. The lowest BCUT2D eigenvalue weighted by Crippen LogP contribution is -2.49. The monoisotopic (exact) mass is 460 g/mol. The van der Waals surface area contributed by atoms with Gasteiger partial charge in [0.2, 0.25) is 5.91 Å². The van der Waals surface area contributed by atoms with Crippen LogP contribution in [0.25, 0.3) is 22.3 Å². The van der Waals surface area contributed by atoms with Crippen molar-refractivity contribution in [2.24, 2.45) is 16.1 Å². The van der Waals surface area contributed by atoms with Crippen molar-refractivity contribution in [1.29, 1.82) is 0 Å². The van der Waals surface area contributed by atoms with Gasteiger partial charge in [-0.3, -0.25) is 9.79 Å². The highest BCUT2D eigenvalue weighted by Gasteiger charge is 2.25. The molecule has 0 radical (unpaired) electrons. The Morgan fingerprint density at radius 3 is 2.56 bits per heavy atom. The Morgan fingerprint density at radius 2 is 1.94 bits per heavy atom. The number of carbonyl (C=O) groups excluding carboxylic acids is 1. The van der Waals surface area contributed by atoms with Crippen molar-refractivity contribution in [3.05, 3.63) is 48.7 Å². The summed E-state index contributed by atoms with van der Waals surface area (Å²) < 4.78 is 1.78. The van der Waals surface area contributed by atoms with Crippen molar-refractivity contribution in [1.82, 2.24) is 24.5 Å². The van der Waals surface area contributed by atoms with E-state index in [9.17, 15) is 4.79 Å². The Kier molecular flexibility index (Phi) is 6.63. The molecule has 2 N–H and O–H groups in total. The molecule has 9 heteroatoms. The molecule has 1 saturated heterocycles. The summed E-state index contributed by atoms with van der Waals surface area (Å²) >= 11 is 0. The van der Waals surface area contributed by atoms with Crippen LogP contribution in [-0.4, -0.2) is 69.8 Å². The summed E-state index contributed by atoms with van der Waals surface area (Å²) in [6.45, 7) is 9.25. The first-order chi connectivity index (χ1) is 16.3. The quantitative estimate of drug-likeness (QED) is 0.587. The number of nitrogens with two attached hydrogens (primary N) is 1. The first kappa shape index (κ1) is 23.4. The number of carbonyl (C=O) groups is 1. The second-order valence-corrected chi connectivity index (χ2v) is 9.66. The summed E-state index contributed by atoms with van der Waals surface area (Å²) in [5.41, 5.74) is 9.73. The van der Waals surface area contributed by atoms with Gasteiger partial charge in [0.25, 0.3) is 0 Å². The highest BCUT2D eigenvalue weighted by atomic mass is 16.2. The van der Waals surface area contributed by atoms with Gasteiger partial charge in [-0.15, -0.1) is 0 Å². The molecule has 4 rings (SSSR count). The fourth-order valence-electron chi connectivity index (χ4n) is 4.08. The van der Waals surface area contributed by atoms with E-state index in [-0.39, 0.29) is 11.3 Å². The summed E-state index contributed by atoms with van der Waals surface area (Å²) in [6, 6.07) is 5.96. The van der Waals surface area contributed by atoms with Crippen molar-refractivity contribution in [3.63, 3.8) is 0 Å². The van der Waals surface area contributed by atoms with Gasteiger partial charge in [-0.25, -0.2) is 14.5 Å². The average Bonchev–Trinajstić information content (AvgIpc) is 3.30. The SMILES string of the molecule is CN=CC(=CN)c1cn2nccc2c(-c2ccc(N3CCN(C(=O)CC(C)(C)C)CC3)nc2)n1. The summed E-state index contributed by atoms with van der Waals surface area (Å²) in [5.74, 6) is 1.12. The zero-order valence-electron chi connectivity index (χ0n) is 20.3. The molecular formula is C25H32N8O. The van der Waals surface area contributed by atoms with E-state index in [1.54, 1.807) is 24.0 Å². The van der Waals surface area contributed by atoms with Crippen LogP contribution in [0.4, 0.5) is 5.82 Å². The van der Waals surface area contributed by atoms with Gasteiger partial charge < -0.3 is 15.5 Å². The second kappa shape index (κ2) is 9.62. The highest BCUT2D eigenvalue weighted by Crippen LogP contribution is 2.26. The van der Waals surface area contributed by atoms with Crippen LogP contribution < -0.4 is 10.6 Å². The number of aliphatic imine (C=N–C) groups is 1. The number of hydrogen-bond donors (Lipinski definition) is 1. The van der Waals surface area contributed by atoms with Crippen molar-refractivity contribution >= 4 is 29.0 Å². The third kappa shape index (κ3) is 5.08. The Bertz CT molecular complexity index is 1210. The lowest BCUT2D eigenvalue weighted by molar-refractivity contribution is -0.133. The van der Waals surface area contributed by atoms with Gasteiger partial charge in [0.05, 0.1) is 29.3 Å². The lowest BCUT2D eigenvalue weighted by atomic mass is 9.91. The number of pyridine rings is 1. The maximum atomic E-state index is 12.5. The predicted molar refractivity (Wildman–Crippen MR) is 136 cm³/mol.